The van der Waals surface area contributed by atoms with Gasteiger partial charge in [-0.3, -0.25) is 9.48 Å². The Kier molecular flexibility index (Phi) is 7.98. The number of aromatic nitrogens is 5. The lowest BCUT2D eigenvalue weighted by atomic mass is 10.1. The summed E-state index contributed by atoms with van der Waals surface area (Å²) in [5.41, 5.74) is 1.23. The zero-order valence-electron chi connectivity index (χ0n) is 20.2. The van der Waals surface area contributed by atoms with Crippen molar-refractivity contribution in [2.45, 2.75) is 12.8 Å². The number of fused-ring (bicyclic) bond motifs is 1. The van der Waals surface area contributed by atoms with Crippen LogP contribution in [0.5, 0.6) is 11.5 Å². The van der Waals surface area contributed by atoms with Gasteiger partial charge >= 0.3 is 0 Å². The lowest BCUT2D eigenvalue weighted by Crippen LogP contribution is -2.16. The number of methoxy groups -OCH3 is 3. The van der Waals surface area contributed by atoms with Crippen LogP contribution in [0.1, 0.15) is 0 Å². The summed E-state index contributed by atoms with van der Waals surface area (Å²) in [6.07, 6.45) is 3.34. The summed E-state index contributed by atoms with van der Waals surface area (Å²) in [4.78, 5) is 25.0. The Labute approximate surface area is 221 Å². The van der Waals surface area contributed by atoms with Crippen LogP contribution in [0.4, 0.5) is 5.69 Å². The molecule has 0 fully saturated rings. The maximum atomic E-state index is 13.2. The molecule has 0 aliphatic rings. The van der Waals surface area contributed by atoms with Crippen molar-refractivity contribution in [3.8, 4) is 34.3 Å². The SMILES string of the molecule is C=CC(O)Nc1cnn(CCOC)c1-c1ncc2cc(-c3c(Cl)c(OC)cc(OC)c3Cl)[nH]c(=O)c2n1. The molecule has 1 atom stereocenters. The van der Waals surface area contributed by atoms with Crippen LogP contribution < -0.4 is 20.3 Å². The Balaban J connectivity index is 1.87. The fourth-order valence-electron chi connectivity index (χ4n) is 3.71. The molecule has 1 unspecified atom stereocenters. The Morgan fingerprint density at radius 3 is 2.51 bits per heavy atom. The molecule has 0 saturated heterocycles. The molecule has 4 aromatic rings. The molecule has 3 aromatic heterocycles. The van der Waals surface area contributed by atoms with Gasteiger partial charge in [-0.2, -0.15) is 5.10 Å². The van der Waals surface area contributed by atoms with Gasteiger partial charge in [0.2, 0.25) is 0 Å². The summed E-state index contributed by atoms with van der Waals surface area (Å²) in [5.74, 6) is 0.880. The molecule has 0 aliphatic heterocycles. The second kappa shape index (κ2) is 11.2. The van der Waals surface area contributed by atoms with Gasteiger partial charge < -0.3 is 29.6 Å². The molecule has 13 heteroatoms. The lowest BCUT2D eigenvalue weighted by molar-refractivity contribution is 0.184. The average molecular weight is 547 g/mol. The highest BCUT2D eigenvalue weighted by atomic mass is 35.5. The number of H-pyrrole nitrogens is 1. The van der Waals surface area contributed by atoms with Crippen molar-refractivity contribution in [3.63, 3.8) is 0 Å². The number of pyridine rings is 1. The van der Waals surface area contributed by atoms with E-state index in [2.05, 4.69) is 31.9 Å². The van der Waals surface area contributed by atoms with Crippen LogP contribution in [0.3, 0.4) is 0 Å². The molecule has 37 heavy (non-hydrogen) atoms. The van der Waals surface area contributed by atoms with Crippen molar-refractivity contribution in [2.75, 3.05) is 33.3 Å². The van der Waals surface area contributed by atoms with Gasteiger partial charge in [-0.15, -0.1) is 0 Å². The Morgan fingerprint density at radius 2 is 1.89 bits per heavy atom. The first-order valence-electron chi connectivity index (χ1n) is 11.0. The monoisotopic (exact) mass is 546 g/mol. The molecular weight excluding hydrogens is 523 g/mol. The van der Waals surface area contributed by atoms with Crippen molar-refractivity contribution >= 4 is 39.8 Å². The summed E-state index contributed by atoms with van der Waals surface area (Å²) in [6.45, 7) is 4.33. The van der Waals surface area contributed by atoms with E-state index < -0.39 is 11.8 Å². The Bertz CT molecular complexity index is 1490. The third-order valence-corrected chi connectivity index (χ3v) is 6.26. The fraction of sp³-hybridized carbons (Fsp3) is 0.250. The molecule has 0 saturated carbocycles. The minimum Gasteiger partial charge on any atom is -0.495 e. The molecule has 3 heterocycles. The van der Waals surface area contributed by atoms with Gasteiger partial charge in [0.05, 0.1) is 55.0 Å². The summed E-state index contributed by atoms with van der Waals surface area (Å²) < 4.78 is 17.4. The number of benzene rings is 1. The molecule has 1 aromatic carbocycles. The van der Waals surface area contributed by atoms with Crippen molar-refractivity contribution in [3.05, 3.63) is 57.6 Å². The smallest absolute Gasteiger partial charge is 0.275 e. The molecule has 0 amide bonds. The van der Waals surface area contributed by atoms with Gasteiger partial charge in [-0.25, -0.2) is 9.97 Å². The number of hydrogen-bond donors (Lipinski definition) is 3. The highest BCUT2D eigenvalue weighted by Crippen LogP contribution is 2.45. The highest BCUT2D eigenvalue weighted by Gasteiger charge is 2.22. The number of hydrogen-bond acceptors (Lipinski definition) is 9. The molecule has 3 N–H and O–H groups in total. The molecule has 11 nitrogen and oxygen atoms in total. The van der Waals surface area contributed by atoms with Crippen molar-refractivity contribution < 1.29 is 19.3 Å². The summed E-state index contributed by atoms with van der Waals surface area (Å²) >= 11 is 13.1. The molecule has 0 aliphatic carbocycles. The quantitative estimate of drug-likeness (QED) is 0.200. The van der Waals surface area contributed by atoms with Crippen LogP contribution in [0, 0.1) is 0 Å². The van der Waals surface area contributed by atoms with Gasteiger partial charge in [0.15, 0.2) is 5.82 Å². The first-order valence-corrected chi connectivity index (χ1v) is 11.7. The molecule has 0 bridgehead atoms. The Hall–Kier alpha value is -3.64. The van der Waals surface area contributed by atoms with Crippen molar-refractivity contribution in [2.24, 2.45) is 0 Å². The number of nitrogens with one attached hydrogen (secondary N) is 2. The van der Waals surface area contributed by atoms with Crippen LogP contribution in [-0.2, 0) is 11.3 Å². The number of aromatic amines is 1. The fourth-order valence-corrected chi connectivity index (χ4v) is 4.42. The number of rotatable bonds is 10. The molecule has 0 spiro atoms. The third kappa shape index (κ3) is 5.12. The zero-order chi connectivity index (χ0) is 26.7. The normalized spacial score (nSPS) is 11.9. The number of anilines is 1. The summed E-state index contributed by atoms with van der Waals surface area (Å²) in [5, 5.41) is 18.1. The predicted molar refractivity (Wildman–Crippen MR) is 142 cm³/mol. The minimum atomic E-state index is -1.03. The van der Waals surface area contributed by atoms with E-state index in [1.165, 1.54) is 32.7 Å². The van der Waals surface area contributed by atoms with Crippen LogP contribution >= 0.6 is 23.2 Å². The number of halogens is 2. The third-order valence-electron chi connectivity index (χ3n) is 5.51. The average Bonchev–Trinajstić information content (AvgIpc) is 3.29. The first-order chi connectivity index (χ1) is 17.8. The number of nitrogens with zero attached hydrogens (tertiary/aromatic N) is 4. The van der Waals surface area contributed by atoms with Crippen LogP contribution in [0.15, 0.2) is 42.0 Å². The largest absolute Gasteiger partial charge is 0.495 e. The van der Waals surface area contributed by atoms with E-state index in [9.17, 15) is 9.90 Å². The van der Waals surface area contributed by atoms with Crippen molar-refractivity contribution in [1.82, 2.24) is 24.7 Å². The van der Waals surface area contributed by atoms with Gasteiger partial charge in [-0.1, -0.05) is 29.8 Å². The van der Waals surface area contributed by atoms with E-state index >= 15 is 0 Å². The number of aliphatic hydroxyl groups is 1. The van der Waals surface area contributed by atoms with E-state index in [0.717, 1.165) is 0 Å². The van der Waals surface area contributed by atoms with Gasteiger partial charge in [0, 0.05) is 30.3 Å². The standard InChI is InChI=1S/C24H24Cl2N6O5/c1-5-17(33)29-14-11-28-32(6-7-35-2)22(14)23-27-10-12-8-13(30-24(34)21(12)31-23)18-19(25)15(36-3)9-16(37-4)20(18)26/h5,8-11,17,29,33H,1,6-7H2,2-4H3,(H,30,34). The maximum absolute atomic E-state index is 13.2. The molecule has 194 valence electrons. The Morgan fingerprint density at radius 1 is 1.19 bits per heavy atom. The summed E-state index contributed by atoms with van der Waals surface area (Å²) in [6, 6.07) is 3.22. The second-order valence-corrected chi connectivity index (χ2v) is 8.50. The number of ether oxygens (including phenoxy) is 3. The molecule has 0 radical (unpaired) electrons. The van der Waals surface area contributed by atoms with Gasteiger partial charge in [0.25, 0.3) is 5.56 Å². The topological polar surface area (TPSA) is 136 Å². The van der Waals surface area contributed by atoms with Crippen molar-refractivity contribution in [1.29, 1.82) is 0 Å². The van der Waals surface area contributed by atoms with Gasteiger partial charge in [0.1, 0.15) is 28.9 Å². The van der Waals surface area contributed by atoms with Crippen LogP contribution in [-0.4, -0.2) is 64.0 Å². The predicted octanol–water partition coefficient (Wildman–Crippen LogP) is 3.74. The summed E-state index contributed by atoms with van der Waals surface area (Å²) in [7, 11) is 4.50. The zero-order valence-corrected chi connectivity index (χ0v) is 21.7. The van der Waals surface area contributed by atoms with Gasteiger partial charge in [-0.05, 0) is 12.1 Å². The van der Waals surface area contributed by atoms with E-state index in [0.29, 0.717) is 52.7 Å². The van der Waals surface area contributed by atoms with Crippen LogP contribution in [0.25, 0.3) is 33.7 Å². The molecular formula is C24H24Cl2N6O5. The maximum Gasteiger partial charge on any atom is 0.275 e. The molecule has 4 rings (SSSR count). The first kappa shape index (κ1) is 26.4. The van der Waals surface area contributed by atoms with Crippen LogP contribution in [0.2, 0.25) is 10.0 Å². The van der Waals surface area contributed by atoms with E-state index in [4.69, 9.17) is 37.4 Å². The minimum absolute atomic E-state index is 0.130. The highest BCUT2D eigenvalue weighted by molar-refractivity contribution is 6.41. The second-order valence-electron chi connectivity index (χ2n) is 7.74. The number of aliphatic hydroxyl groups excluding tert-OH is 1. The van der Waals surface area contributed by atoms with E-state index in [1.807, 2.05) is 0 Å². The van der Waals surface area contributed by atoms with E-state index in [-0.39, 0.29) is 21.4 Å². The lowest BCUT2D eigenvalue weighted by Gasteiger charge is -2.15. The van der Waals surface area contributed by atoms with E-state index in [1.54, 1.807) is 23.9 Å².